The lowest BCUT2D eigenvalue weighted by atomic mass is 10.0. The van der Waals surface area contributed by atoms with Gasteiger partial charge in [0.25, 0.3) is 5.91 Å². The van der Waals surface area contributed by atoms with Crippen molar-refractivity contribution in [2.24, 2.45) is 0 Å². The van der Waals surface area contributed by atoms with Gasteiger partial charge in [0.2, 0.25) is 0 Å². The van der Waals surface area contributed by atoms with Crippen LogP contribution < -0.4 is 14.2 Å². The largest absolute Gasteiger partial charge is 0.493 e. The van der Waals surface area contributed by atoms with Crippen LogP contribution in [0, 0.1) is 0 Å². The Labute approximate surface area is 191 Å². The summed E-state index contributed by atoms with van der Waals surface area (Å²) in [4.78, 5) is 15.3. The number of ether oxygens (including phenoxy) is 3. The third-order valence-corrected chi connectivity index (χ3v) is 6.64. The summed E-state index contributed by atoms with van der Waals surface area (Å²) < 4.78 is 17.2. The number of fused-ring (bicyclic) bond motifs is 1. The average Bonchev–Trinajstić information content (AvgIpc) is 3.04. The van der Waals surface area contributed by atoms with E-state index >= 15 is 0 Å². The van der Waals surface area contributed by atoms with E-state index in [9.17, 15) is 4.79 Å². The number of nitrogens with zero attached hydrogens (tertiary/aromatic N) is 1. The first-order valence-corrected chi connectivity index (χ1v) is 11.2. The first-order chi connectivity index (χ1) is 15.0. The van der Waals surface area contributed by atoms with E-state index in [0.29, 0.717) is 33.7 Å². The minimum absolute atomic E-state index is 0.0672. The zero-order valence-corrected chi connectivity index (χ0v) is 19.2. The third kappa shape index (κ3) is 4.48. The van der Waals surface area contributed by atoms with Gasteiger partial charge >= 0.3 is 0 Å². The molecule has 2 aromatic carbocycles. The SMILES string of the molecule is COc1ccc(CCN2C(=O)/C(=C/C3=Cc4ccccc4O[C@H]3C)SC2=S)cc1OC. The highest BCUT2D eigenvalue weighted by Crippen LogP contribution is 2.36. The van der Waals surface area contributed by atoms with Crippen LogP contribution in [-0.4, -0.2) is 42.0 Å². The van der Waals surface area contributed by atoms with Crippen LogP contribution in [0.25, 0.3) is 6.08 Å². The van der Waals surface area contributed by atoms with Gasteiger partial charge in [-0.05, 0) is 54.8 Å². The van der Waals surface area contributed by atoms with Crippen LogP contribution in [0.15, 0.2) is 59.0 Å². The first kappa shape index (κ1) is 21.5. The van der Waals surface area contributed by atoms with Crippen LogP contribution in [0.3, 0.4) is 0 Å². The summed E-state index contributed by atoms with van der Waals surface area (Å²) in [5.41, 5.74) is 3.01. The molecule has 0 saturated carbocycles. The van der Waals surface area contributed by atoms with Gasteiger partial charge in [-0.15, -0.1) is 0 Å². The van der Waals surface area contributed by atoms with Crippen molar-refractivity contribution in [3.05, 3.63) is 70.1 Å². The Morgan fingerprint density at radius 2 is 1.94 bits per heavy atom. The molecule has 0 unspecified atom stereocenters. The van der Waals surface area contributed by atoms with Crippen molar-refractivity contribution in [3.8, 4) is 17.2 Å². The second kappa shape index (κ2) is 9.16. The van der Waals surface area contributed by atoms with E-state index in [1.54, 1.807) is 19.1 Å². The molecule has 7 heteroatoms. The summed E-state index contributed by atoms with van der Waals surface area (Å²) >= 11 is 6.83. The van der Waals surface area contributed by atoms with Crippen LogP contribution in [0.5, 0.6) is 17.2 Å². The van der Waals surface area contributed by atoms with Crippen LogP contribution in [0.2, 0.25) is 0 Å². The standard InChI is InChI=1S/C24H23NO4S2/c1-15-18(13-17-6-4-5-7-19(17)29-15)14-22-23(26)25(24(30)31-22)11-10-16-8-9-20(27-2)21(12-16)28-3/h4-9,12-15H,10-11H2,1-3H3/b22-14-/t15-/m0/s1. The van der Waals surface area contributed by atoms with Gasteiger partial charge in [-0.3, -0.25) is 9.69 Å². The van der Waals surface area contributed by atoms with Gasteiger partial charge in [-0.2, -0.15) is 0 Å². The Hall–Kier alpha value is -2.77. The molecule has 5 nitrogen and oxygen atoms in total. The highest BCUT2D eigenvalue weighted by molar-refractivity contribution is 8.26. The van der Waals surface area contributed by atoms with Crippen molar-refractivity contribution in [2.75, 3.05) is 20.8 Å². The Bertz CT molecular complexity index is 1090. The van der Waals surface area contributed by atoms with Crippen molar-refractivity contribution in [1.82, 2.24) is 4.90 Å². The lowest BCUT2D eigenvalue weighted by Crippen LogP contribution is -2.30. The quantitative estimate of drug-likeness (QED) is 0.460. The second-order valence-electron chi connectivity index (χ2n) is 7.21. The zero-order valence-electron chi connectivity index (χ0n) is 17.6. The van der Waals surface area contributed by atoms with Crippen molar-refractivity contribution >= 4 is 40.3 Å². The fraction of sp³-hybridized carbons (Fsp3) is 0.250. The topological polar surface area (TPSA) is 48.0 Å². The third-order valence-electron chi connectivity index (χ3n) is 5.26. The van der Waals surface area contributed by atoms with E-state index in [2.05, 4.69) is 6.08 Å². The molecule has 1 atom stereocenters. The smallest absolute Gasteiger partial charge is 0.266 e. The molecule has 0 aliphatic carbocycles. The number of benzene rings is 2. The van der Waals surface area contributed by atoms with Crippen molar-refractivity contribution < 1.29 is 19.0 Å². The number of carbonyl (C=O) groups is 1. The minimum atomic E-state index is -0.134. The minimum Gasteiger partial charge on any atom is -0.493 e. The van der Waals surface area contributed by atoms with Crippen LogP contribution >= 0.6 is 24.0 Å². The molecule has 0 aromatic heterocycles. The molecule has 31 heavy (non-hydrogen) atoms. The van der Waals surface area contributed by atoms with Gasteiger partial charge in [-0.1, -0.05) is 48.2 Å². The van der Waals surface area contributed by atoms with Gasteiger partial charge in [0.15, 0.2) is 11.5 Å². The number of methoxy groups -OCH3 is 2. The van der Waals surface area contributed by atoms with E-state index in [1.807, 2.05) is 55.5 Å². The van der Waals surface area contributed by atoms with Gasteiger partial charge in [0, 0.05) is 12.1 Å². The zero-order chi connectivity index (χ0) is 22.0. The van der Waals surface area contributed by atoms with Crippen LogP contribution in [0.1, 0.15) is 18.1 Å². The molecule has 2 heterocycles. The molecule has 1 amide bonds. The van der Waals surface area contributed by atoms with E-state index in [-0.39, 0.29) is 12.0 Å². The Kier molecular flexibility index (Phi) is 6.34. The van der Waals surface area contributed by atoms with E-state index in [1.165, 1.54) is 11.8 Å². The van der Waals surface area contributed by atoms with Crippen molar-refractivity contribution in [3.63, 3.8) is 0 Å². The molecule has 1 fully saturated rings. The summed E-state index contributed by atoms with van der Waals surface area (Å²) in [5, 5.41) is 0. The molecule has 2 aliphatic heterocycles. The molecule has 2 aliphatic rings. The van der Waals surface area contributed by atoms with Gasteiger partial charge in [0.1, 0.15) is 16.2 Å². The molecule has 0 radical (unpaired) electrons. The summed E-state index contributed by atoms with van der Waals surface area (Å²) in [6, 6.07) is 13.6. The lowest BCUT2D eigenvalue weighted by molar-refractivity contribution is -0.122. The van der Waals surface area contributed by atoms with Gasteiger partial charge in [0.05, 0.1) is 19.1 Å². The number of hydrogen-bond donors (Lipinski definition) is 0. The summed E-state index contributed by atoms with van der Waals surface area (Å²) in [6.45, 7) is 2.49. The van der Waals surface area contributed by atoms with Crippen LogP contribution in [-0.2, 0) is 11.2 Å². The molecule has 2 aromatic rings. The van der Waals surface area contributed by atoms with E-state index in [4.69, 9.17) is 26.4 Å². The van der Waals surface area contributed by atoms with E-state index in [0.717, 1.165) is 22.4 Å². The number of thiocarbonyl (C=S) groups is 1. The molecule has 0 spiro atoms. The highest BCUT2D eigenvalue weighted by atomic mass is 32.2. The van der Waals surface area contributed by atoms with Crippen molar-refractivity contribution in [2.45, 2.75) is 19.4 Å². The summed E-state index contributed by atoms with van der Waals surface area (Å²) in [7, 11) is 3.22. The molecular formula is C24H23NO4S2. The number of amides is 1. The average molecular weight is 454 g/mol. The van der Waals surface area contributed by atoms with Gasteiger partial charge in [-0.25, -0.2) is 0 Å². The maximum Gasteiger partial charge on any atom is 0.266 e. The van der Waals surface area contributed by atoms with Crippen molar-refractivity contribution in [1.29, 1.82) is 0 Å². The molecular weight excluding hydrogens is 430 g/mol. The second-order valence-corrected chi connectivity index (χ2v) is 8.89. The number of rotatable bonds is 6. The Morgan fingerprint density at radius 3 is 2.71 bits per heavy atom. The predicted molar refractivity (Wildman–Crippen MR) is 128 cm³/mol. The molecule has 1 saturated heterocycles. The van der Waals surface area contributed by atoms with E-state index < -0.39 is 0 Å². The number of carbonyl (C=O) groups excluding carboxylic acids is 1. The highest BCUT2D eigenvalue weighted by Gasteiger charge is 2.32. The predicted octanol–water partition coefficient (Wildman–Crippen LogP) is 4.86. The maximum atomic E-state index is 13.0. The normalized spacial score (nSPS) is 19.2. The lowest BCUT2D eigenvalue weighted by Gasteiger charge is -2.23. The number of para-hydroxylation sites is 1. The molecule has 0 bridgehead atoms. The summed E-state index contributed by atoms with van der Waals surface area (Å²) in [6.07, 6.45) is 4.50. The summed E-state index contributed by atoms with van der Waals surface area (Å²) in [5.74, 6) is 2.14. The van der Waals surface area contributed by atoms with Gasteiger partial charge < -0.3 is 14.2 Å². The number of hydrogen-bond acceptors (Lipinski definition) is 6. The molecule has 4 rings (SSSR count). The fourth-order valence-electron chi connectivity index (χ4n) is 3.54. The fourth-order valence-corrected chi connectivity index (χ4v) is 4.85. The van der Waals surface area contributed by atoms with Crippen LogP contribution in [0.4, 0.5) is 0 Å². The molecule has 160 valence electrons. The Balaban J connectivity index is 1.49. The first-order valence-electron chi connectivity index (χ1n) is 9.93. The Morgan fingerprint density at radius 1 is 1.16 bits per heavy atom. The monoisotopic (exact) mass is 453 g/mol. The maximum absolute atomic E-state index is 13.0. The molecule has 0 N–H and O–H groups in total. The number of thioether (sulfide) groups is 1.